The van der Waals surface area contributed by atoms with Crippen molar-refractivity contribution in [1.29, 1.82) is 0 Å². The quantitative estimate of drug-likeness (QED) is 0.806. The van der Waals surface area contributed by atoms with Crippen molar-refractivity contribution >= 4 is 23.1 Å². The first-order valence-electron chi connectivity index (χ1n) is 5.97. The van der Waals surface area contributed by atoms with Crippen LogP contribution in [0.5, 0.6) is 0 Å². The third-order valence-corrected chi connectivity index (χ3v) is 3.36. The molecule has 17 heavy (non-hydrogen) atoms. The molecule has 0 aromatic heterocycles. The Morgan fingerprint density at radius 1 is 1.35 bits per heavy atom. The van der Waals surface area contributed by atoms with Crippen molar-refractivity contribution in [2.45, 2.75) is 25.8 Å². The van der Waals surface area contributed by atoms with E-state index in [4.69, 9.17) is 0 Å². The molecule has 4 nitrogen and oxygen atoms in total. The van der Waals surface area contributed by atoms with Gasteiger partial charge in [0.05, 0.1) is 11.3 Å². The van der Waals surface area contributed by atoms with Crippen LogP contribution in [0.2, 0.25) is 0 Å². The lowest BCUT2D eigenvalue weighted by Gasteiger charge is -2.23. The number of hydrogen-bond donors (Lipinski definition) is 1. The van der Waals surface area contributed by atoms with Gasteiger partial charge in [-0.05, 0) is 38.0 Å². The van der Waals surface area contributed by atoms with E-state index in [1.165, 1.54) is 12.8 Å². The minimum absolute atomic E-state index is 0.430. The molecule has 0 bridgehead atoms. The Kier molecular flexibility index (Phi) is 2.18. The fourth-order valence-corrected chi connectivity index (χ4v) is 2.35. The van der Waals surface area contributed by atoms with Gasteiger partial charge in [-0.2, -0.15) is 0 Å². The van der Waals surface area contributed by atoms with E-state index in [1.54, 1.807) is 6.07 Å². The number of nitrogens with one attached hydrogen (secondary N) is 1. The van der Waals surface area contributed by atoms with Gasteiger partial charge in [0, 0.05) is 18.3 Å². The standard InChI is InChI=1S/C13H14N2O2/c1-2-15(8-3-4-8)9-5-6-10-11(7-9)14-13(17)12(10)16/h5-8H,2-4H2,1H3,(H,14,16,17). The first-order chi connectivity index (χ1) is 8.20. The predicted molar refractivity (Wildman–Crippen MR) is 65.4 cm³/mol. The maximum Gasteiger partial charge on any atom is 0.296 e. The molecule has 1 aromatic carbocycles. The molecule has 0 radical (unpaired) electrons. The lowest BCUT2D eigenvalue weighted by atomic mass is 10.1. The Hall–Kier alpha value is -1.84. The third kappa shape index (κ3) is 1.60. The van der Waals surface area contributed by atoms with E-state index >= 15 is 0 Å². The molecule has 1 aromatic rings. The van der Waals surface area contributed by atoms with Crippen molar-refractivity contribution in [2.75, 3.05) is 16.8 Å². The summed E-state index contributed by atoms with van der Waals surface area (Å²) in [6.45, 7) is 3.07. The van der Waals surface area contributed by atoms with Gasteiger partial charge in [-0.25, -0.2) is 0 Å². The highest BCUT2D eigenvalue weighted by atomic mass is 16.2. The van der Waals surface area contributed by atoms with Crippen LogP contribution >= 0.6 is 0 Å². The van der Waals surface area contributed by atoms with E-state index in [2.05, 4.69) is 17.1 Å². The van der Waals surface area contributed by atoms with Gasteiger partial charge in [-0.1, -0.05) is 0 Å². The molecule has 4 heteroatoms. The summed E-state index contributed by atoms with van der Waals surface area (Å²) >= 11 is 0. The second kappa shape index (κ2) is 3.58. The maximum absolute atomic E-state index is 11.5. The molecule has 1 amide bonds. The molecule has 1 N–H and O–H groups in total. The Bertz CT molecular complexity index is 506. The number of Topliss-reactive ketones (excluding diaryl/α,β-unsaturated/α-hetero) is 1. The second-order valence-corrected chi connectivity index (χ2v) is 4.53. The summed E-state index contributed by atoms with van der Waals surface area (Å²) in [5, 5.41) is 2.61. The van der Waals surface area contributed by atoms with Crippen molar-refractivity contribution in [2.24, 2.45) is 0 Å². The number of rotatable bonds is 3. The number of nitrogens with zero attached hydrogens (tertiary/aromatic N) is 1. The molecule has 1 fully saturated rings. The maximum atomic E-state index is 11.5. The van der Waals surface area contributed by atoms with E-state index in [0.717, 1.165) is 12.2 Å². The SMILES string of the molecule is CCN(c1ccc2c(c1)NC(=O)C2=O)C1CC1. The van der Waals surface area contributed by atoms with Gasteiger partial charge >= 0.3 is 0 Å². The minimum atomic E-state index is -0.522. The minimum Gasteiger partial charge on any atom is -0.369 e. The molecular weight excluding hydrogens is 216 g/mol. The number of benzene rings is 1. The molecule has 0 unspecified atom stereocenters. The average molecular weight is 230 g/mol. The van der Waals surface area contributed by atoms with Crippen LogP contribution < -0.4 is 10.2 Å². The molecular formula is C13H14N2O2. The third-order valence-electron chi connectivity index (χ3n) is 3.36. The molecule has 1 aliphatic heterocycles. The predicted octanol–water partition coefficient (Wildman–Crippen LogP) is 1.81. The van der Waals surface area contributed by atoms with E-state index in [1.807, 2.05) is 12.1 Å². The monoisotopic (exact) mass is 230 g/mol. The van der Waals surface area contributed by atoms with Crippen molar-refractivity contribution in [3.05, 3.63) is 23.8 Å². The number of ketones is 1. The van der Waals surface area contributed by atoms with Gasteiger partial charge < -0.3 is 10.2 Å². The molecule has 3 rings (SSSR count). The molecule has 1 saturated carbocycles. The number of fused-ring (bicyclic) bond motifs is 1. The van der Waals surface area contributed by atoms with E-state index in [0.29, 0.717) is 17.3 Å². The summed E-state index contributed by atoms with van der Waals surface area (Å²) in [6.07, 6.45) is 2.46. The molecule has 1 heterocycles. The van der Waals surface area contributed by atoms with Gasteiger partial charge in [0.15, 0.2) is 0 Å². The van der Waals surface area contributed by atoms with Crippen molar-refractivity contribution in [1.82, 2.24) is 0 Å². The Morgan fingerprint density at radius 2 is 2.12 bits per heavy atom. The Balaban J connectivity index is 1.96. The zero-order chi connectivity index (χ0) is 12.0. The van der Waals surface area contributed by atoms with Crippen LogP contribution in [-0.4, -0.2) is 24.3 Å². The highest BCUT2D eigenvalue weighted by Gasteiger charge is 2.31. The van der Waals surface area contributed by atoms with Crippen molar-refractivity contribution in [3.8, 4) is 0 Å². The summed E-state index contributed by atoms with van der Waals surface area (Å²) in [7, 11) is 0. The lowest BCUT2D eigenvalue weighted by Crippen LogP contribution is -2.24. The van der Waals surface area contributed by atoms with Crippen LogP contribution in [-0.2, 0) is 4.79 Å². The Morgan fingerprint density at radius 3 is 2.76 bits per heavy atom. The molecule has 88 valence electrons. The first kappa shape index (κ1) is 10.3. The summed E-state index contributed by atoms with van der Waals surface area (Å²) in [4.78, 5) is 25.0. The average Bonchev–Trinajstić information content (AvgIpc) is 3.10. The van der Waals surface area contributed by atoms with Crippen molar-refractivity contribution < 1.29 is 9.59 Å². The van der Waals surface area contributed by atoms with E-state index in [9.17, 15) is 9.59 Å². The number of anilines is 2. The fourth-order valence-electron chi connectivity index (χ4n) is 2.35. The van der Waals surface area contributed by atoms with Gasteiger partial charge in [-0.15, -0.1) is 0 Å². The summed E-state index contributed by atoms with van der Waals surface area (Å²) in [6, 6.07) is 6.21. The topological polar surface area (TPSA) is 49.4 Å². The van der Waals surface area contributed by atoms with Crippen LogP contribution in [0.1, 0.15) is 30.1 Å². The second-order valence-electron chi connectivity index (χ2n) is 4.53. The summed E-state index contributed by atoms with van der Waals surface area (Å²) < 4.78 is 0. The van der Waals surface area contributed by atoms with Crippen LogP contribution in [0, 0.1) is 0 Å². The summed E-state index contributed by atoms with van der Waals surface area (Å²) in [5.74, 6) is -0.951. The normalized spacial score (nSPS) is 17.9. The van der Waals surface area contributed by atoms with Crippen LogP contribution in [0.4, 0.5) is 11.4 Å². The highest BCUT2D eigenvalue weighted by Crippen LogP contribution is 2.34. The number of amides is 1. The molecule has 0 saturated heterocycles. The van der Waals surface area contributed by atoms with Crippen molar-refractivity contribution in [3.63, 3.8) is 0 Å². The zero-order valence-corrected chi connectivity index (χ0v) is 9.69. The molecule has 0 spiro atoms. The number of carbonyl (C=O) groups excluding carboxylic acids is 2. The smallest absolute Gasteiger partial charge is 0.296 e. The van der Waals surface area contributed by atoms with Gasteiger partial charge in [0.1, 0.15) is 0 Å². The first-order valence-corrected chi connectivity index (χ1v) is 5.97. The Labute approximate surface area is 99.6 Å². The summed E-state index contributed by atoms with van der Waals surface area (Å²) in [5.41, 5.74) is 2.23. The lowest BCUT2D eigenvalue weighted by molar-refractivity contribution is -0.112. The van der Waals surface area contributed by atoms with Crippen LogP contribution in [0.25, 0.3) is 0 Å². The fraction of sp³-hybridized carbons (Fsp3) is 0.385. The number of hydrogen-bond acceptors (Lipinski definition) is 3. The molecule has 0 atom stereocenters. The van der Waals surface area contributed by atoms with Crippen LogP contribution in [0.3, 0.4) is 0 Å². The number of carbonyl (C=O) groups is 2. The van der Waals surface area contributed by atoms with Crippen LogP contribution in [0.15, 0.2) is 18.2 Å². The molecule has 1 aliphatic carbocycles. The highest BCUT2D eigenvalue weighted by molar-refractivity contribution is 6.51. The zero-order valence-electron chi connectivity index (χ0n) is 9.69. The van der Waals surface area contributed by atoms with E-state index < -0.39 is 11.7 Å². The van der Waals surface area contributed by atoms with Gasteiger partial charge in [-0.3, -0.25) is 9.59 Å². The van der Waals surface area contributed by atoms with E-state index in [-0.39, 0.29) is 0 Å². The van der Waals surface area contributed by atoms with Gasteiger partial charge in [0.2, 0.25) is 0 Å². The van der Waals surface area contributed by atoms with Gasteiger partial charge in [0.25, 0.3) is 11.7 Å². The molecule has 2 aliphatic rings. The largest absolute Gasteiger partial charge is 0.369 e.